The summed E-state index contributed by atoms with van der Waals surface area (Å²) in [7, 11) is 3.47. The van der Waals surface area contributed by atoms with Crippen molar-refractivity contribution in [1.82, 2.24) is 20.1 Å². The van der Waals surface area contributed by atoms with Crippen LogP contribution in [0.3, 0.4) is 0 Å². The molecule has 0 aliphatic carbocycles. The van der Waals surface area contributed by atoms with Crippen LogP contribution in [0.2, 0.25) is 0 Å². The number of benzene rings is 2. The number of ether oxygens (including phenoxy) is 1. The van der Waals surface area contributed by atoms with E-state index in [4.69, 9.17) is 17.0 Å². The van der Waals surface area contributed by atoms with Gasteiger partial charge in [-0.1, -0.05) is 24.3 Å². The van der Waals surface area contributed by atoms with E-state index in [1.165, 1.54) is 0 Å². The lowest BCUT2D eigenvalue weighted by molar-refractivity contribution is 0.0955. The van der Waals surface area contributed by atoms with E-state index in [0.29, 0.717) is 23.3 Å². The molecule has 3 aromatic rings. The summed E-state index contributed by atoms with van der Waals surface area (Å²) >= 11 is 5.07. The van der Waals surface area contributed by atoms with Crippen LogP contribution in [0.15, 0.2) is 36.4 Å². The number of methoxy groups -OCH3 is 1. The Morgan fingerprint density at radius 1 is 1.29 bits per heavy atom. The van der Waals surface area contributed by atoms with E-state index in [-0.39, 0.29) is 5.91 Å². The molecule has 7 heteroatoms. The van der Waals surface area contributed by atoms with Crippen molar-refractivity contribution in [2.45, 2.75) is 6.42 Å². The fourth-order valence-electron chi connectivity index (χ4n) is 2.63. The SMILES string of the molecule is COc1ccc(C(=O)NCCc2n[nH]c(=S)n2C)c2ccccc12. The van der Waals surface area contributed by atoms with Crippen LogP contribution in [0.4, 0.5) is 0 Å². The molecular formula is C17H18N4O2S. The van der Waals surface area contributed by atoms with Crippen LogP contribution in [0.1, 0.15) is 16.2 Å². The van der Waals surface area contributed by atoms with Crippen molar-refractivity contribution in [3.05, 3.63) is 52.6 Å². The summed E-state index contributed by atoms with van der Waals surface area (Å²) in [5.74, 6) is 1.44. The Bertz CT molecular complexity index is 945. The van der Waals surface area contributed by atoms with Crippen molar-refractivity contribution in [2.24, 2.45) is 7.05 Å². The number of rotatable bonds is 5. The van der Waals surface area contributed by atoms with Crippen LogP contribution < -0.4 is 10.1 Å². The largest absolute Gasteiger partial charge is 0.496 e. The van der Waals surface area contributed by atoms with Crippen LogP contribution in [0.5, 0.6) is 5.75 Å². The first-order valence-corrected chi connectivity index (χ1v) is 7.97. The third-order valence-corrected chi connectivity index (χ3v) is 4.32. The zero-order valence-electron chi connectivity index (χ0n) is 13.5. The maximum atomic E-state index is 12.5. The quantitative estimate of drug-likeness (QED) is 0.699. The van der Waals surface area contributed by atoms with E-state index < -0.39 is 0 Å². The summed E-state index contributed by atoms with van der Waals surface area (Å²) in [6.07, 6.45) is 0.601. The second-order valence-corrected chi connectivity index (χ2v) is 5.76. The standard InChI is InChI=1S/C17H18N4O2S/c1-21-15(19-20-17(21)24)9-10-18-16(22)13-7-8-14(23-2)12-6-4-3-5-11(12)13/h3-8H,9-10H2,1-2H3,(H,18,22)(H,20,24). The number of aromatic amines is 1. The van der Waals surface area contributed by atoms with E-state index in [1.54, 1.807) is 17.7 Å². The number of fused-ring (bicyclic) bond motifs is 1. The highest BCUT2D eigenvalue weighted by molar-refractivity contribution is 7.71. The van der Waals surface area contributed by atoms with Gasteiger partial charge in [0, 0.05) is 31.0 Å². The van der Waals surface area contributed by atoms with Crippen molar-refractivity contribution < 1.29 is 9.53 Å². The molecule has 0 atom stereocenters. The van der Waals surface area contributed by atoms with Gasteiger partial charge in [0.05, 0.1) is 7.11 Å². The summed E-state index contributed by atoms with van der Waals surface area (Å²) in [6, 6.07) is 11.3. The van der Waals surface area contributed by atoms with Gasteiger partial charge in [-0.3, -0.25) is 9.89 Å². The van der Waals surface area contributed by atoms with E-state index in [9.17, 15) is 4.79 Å². The minimum atomic E-state index is -0.120. The Morgan fingerprint density at radius 2 is 2.04 bits per heavy atom. The summed E-state index contributed by atoms with van der Waals surface area (Å²) in [6.45, 7) is 0.479. The van der Waals surface area contributed by atoms with Crippen molar-refractivity contribution in [3.63, 3.8) is 0 Å². The highest BCUT2D eigenvalue weighted by Gasteiger charge is 2.12. The highest BCUT2D eigenvalue weighted by atomic mass is 32.1. The molecule has 0 saturated carbocycles. The van der Waals surface area contributed by atoms with Crippen LogP contribution in [-0.2, 0) is 13.5 Å². The van der Waals surface area contributed by atoms with Gasteiger partial charge in [0.1, 0.15) is 11.6 Å². The number of nitrogens with zero attached hydrogens (tertiary/aromatic N) is 2. The molecular weight excluding hydrogens is 324 g/mol. The number of carbonyl (C=O) groups excluding carboxylic acids is 1. The number of hydrogen-bond donors (Lipinski definition) is 2. The smallest absolute Gasteiger partial charge is 0.251 e. The van der Waals surface area contributed by atoms with Gasteiger partial charge in [0.15, 0.2) is 4.77 Å². The van der Waals surface area contributed by atoms with Crippen molar-refractivity contribution >= 4 is 28.9 Å². The van der Waals surface area contributed by atoms with E-state index in [2.05, 4.69) is 15.5 Å². The van der Waals surface area contributed by atoms with Crippen LogP contribution in [-0.4, -0.2) is 34.3 Å². The van der Waals surface area contributed by atoms with E-state index in [1.807, 2.05) is 37.4 Å². The highest BCUT2D eigenvalue weighted by Crippen LogP contribution is 2.28. The third-order valence-electron chi connectivity index (χ3n) is 3.96. The molecule has 1 heterocycles. The lowest BCUT2D eigenvalue weighted by Crippen LogP contribution is -2.26. The summed E-state index contributed by atoms with van der Waals surface area (Å²) in [5, 5.41) is 11.6. The monoisotopic (exact) mass is 342 g/mol. The fourth-order valence-corrected chi connectivity index (χ4v) is 2.78. The molecule has 124 valence electrons. The number of nitrogens with one attached hydrogen (secondary N) is 2. The second-order valence-electron chi connectivity index (χ2n) is 5.37. The zero-order chi connectivity index (χ0) is 17.1. The van der Waals surface area contributed by atoms with Gasteiger partial charge in [0.25, 0.3) is 5.91 Å². The predicted molar refractivity (Wildman–Crippen MR) is 94.9 cm³/mol. The number of H-pyrrole nitrogens is 1. The van der Waals surface area contributed by atoms with Gasteiger partial charge >= 0.3 is 0 Å². The number of hydrogen-bond acceptors (Lipinski definition) is 4. The first-order chi connectivity index (χ1) is 11.6. The fraction of sp³-hybridized carbons (Fsp3) is 0.235. The molecule has 0 fully saturated rings. The minimum Gasteiger partial charge on any atom is -0.496 e. The molecule has 0 bridgehead atoms. The Kier molecular flexibility index (Phi) is 4.61. The lowest BCUT2D eigenvalue weighted by Gasteiger charge is -2.11. The zero-order valence-corrected chi connectivity index (χ0v) is 14.3. The van der Waals surface area contributed by atoms with Crippen molar-refractivity contribution in [3.8, 4) is 5.75 Å². The molecule has 0 aliphatic heterocycles. The van der Waals surface area contributed by atoms with Gasteiger partial charge in [0.2, 0.25) is 0 Å². The number of amides is 1. The second kappa shape index (κ2) is 6.84. The van der Waals surface area contributed by atoms with Gasteiger partial charge < -0.3 is 14.6 Å². The molecule has 0 radical (unpaired) electrons. The Balaban J connectivity index is 1.77. The predicted octanol–water partition coefficient (Wildman–Crippen LogP) is 2.61. The molecule has 3 rings (SSSR count). The summed E-state index contributed by atoms with van der Waals surface area (Å²) < 4.78 is 7.72. The molecule has 6 nitrogen and oxygen atoms in total. The normalized spacial score (nSPS) is 10.8. The molecule has 0 unspecified atom stereocenters. The van der Waals surface area contributed by atoms with Gasteiger partial charge in [-0.05, 0) is 29.7 Å². The Labute approximate surface area is 144 Å². The average molecular weight is 342 g/mol. The Morgan fingerprint density at radius 3 is 2.71 bits per heavy atom. The minimum absolute atomic E-state index is 0.120. The first kappa shape index (κ1) is 16.2. The Hall–Kier alpha value is -2.67. The van der Waals surface area contributed by atoms with Crippen LogP contribution in [0.25, 0.3) is 10.8 Å². The van der Waals surface area contributed by atoms with Crippen LogP contribution >= 0.6 is 12.2 Å². The summed E-state index contributed by atoms with van der Waals surface area (Å²) in [5.41, 5.74) is 0.627. The molecule has 1 amide bonds. The van der Waals surface area contributed by atoms with Crippen molar-refractivity contribution in [1.29, 1.82) is 0 Å². The maximum Gasteiger partial charge on any atom is 0.251 e. The maximum absolute atomic E-state index is 12.5. The van der Waals surface area contributed by atoms with E-state index >= 15 is 0 Å². The van der Waals surface area contributed by atoms with E-state index in [0.717, 1.165) is 22.3 Å². The molecule has 2 aromatic carbocycles. The van der Waals surface area contributed by atoms with Gasteiger partial charge in [-0.15, -0.1) is 0 Å². The average Bonchev–Trinajstić information content (AvgIpc) is 2.92. The number of carbonyl (C=O) groups is 1. The topological polar surface area (TPSA) is 71.9 Å². The van der Waals surface area contributed by atoms with Gasteiger partial charge in [-0.25, -0.2) is 0 Å². The summed E-state index contributed by atoms with van der Waals surface area (Å²) in [4.78, 5) is 12.5. The third kappa shape index (κ3) is 3.03. The number of aromatic nitrogens is 3. The van der Waals surface area contributed by atoms with Gasteiger partial charge in [-0.2, -0.15) is 5.10 Å². The van der Waals surface area contributed by atoms with Crippen molar-refractivity contribution in [2.75, 3.05) is 13.7 Å². The lowest BCUT2D eigenvalue weighted by atomic mass is 10.0. The molecule has 1 aromatic heterocycles. The molecule has 0 saturated heterocycles. The van der Waals surface area contributed by atoms with Crippen LogP contribution in [0, 0.1) is 4.77 Å². The molecule has 24 heavy (non-hydrogen) atoms. The first-order valence-electron chi connectivity index (χ1n) is 7.56. The molecule has 2 N–H and O–H groups in total. The molecule has 0 aliphatic rings. The molecule has 0 spiro atoms.